The Morgan fingerprint density at radius 3 is 2.65 bits per heavy atom. The lowest BCUT2D eigenvalue weighted by Crippen LogP contribution is -2.44. The molecule has 0 bridgehead atoms. The van der Waals surface area contributed by atoms with Crippen LogP contribution >= 0.6 is 0 Å². The number of esters is 1. The van der Waals surface area contributed by atoms with Crippen molar-refractivity contribution >= 4 is 17.6 Å². The van der Waals surface area contributed by atoms with Crippen molar-refractivity contribution in [2.75, 3.05) is 26.2 Å². The zero-order valence-corrected chi connectivity index (χ0v) is 20.7. The number of ether oxygens (including phenoxy) is 1. The zero-order chi connectivity index (χ0) is 24.2. The van der Waals surface area contributed by atoms with E-state index in [4.69, 9.17) is 9.84 Å². The molecule has 6 heteroatoms. The molecule has 2 aliphatic heterocycles. The molecular formula is C28H35N3O3. The Morgan fingerprint density at radius 2 is 1.88 bits per heavy atom. The molecule has 6 nitrogen and oxygen atoms in total. The normalized spacial score (nSPS) is 20.8. The fraction of sp³-hybridized carbons (Fsp3) is 0.464. The average Bonchev–Trinajstić information content (AvgIpc) is 3.26. The topological polar surface area (TPSA) is 62.2 Å². The van der Waals surface area contributed by atoms with Crippen LogP contribution in [0.2, 0.25) is 0 Å². The number of carbonyl (C=O) groups excluding carboxylic acids is 2. The van der Waals surface area contributed by atoms with Crippen molar-refractivity contribution in [3.8, 4) is 0 Å². The highest BCUT2D eigenvalue weighted by Crippen LogP contribution is 2.35. The minimum absolute atomic E-state index is 0.0296. The monoisotopic (exact) mass is 461 g/mol. The number of hydrogen-bond acceptors (Lipinski definition) is 5. The smallest absolute Gasteiger partial charge is 0.310 e. The summed E-state index contributed by atoms with van der Waals surface area (Å²) in [5, 5.41) is 6.55. The van der Waals surface area contributed by atoms with E-state index in [-0.39, 0.29) is 30.4 Å². The first kappa shape index (κ1) is 24.1. The number of carbonyl (C=O) groups is 2. The van der Waals surface area contributed by atoms with Gasteiger partial charge in [0.15, 0.2) is 0 Å². The SMILES string of the molecule is CCOC(=O)[C@@H]1CCCN(CC(=O)N2N=C(c3cccc(C)c3)C[C@H]2c2cc(C)ccc2C)C1. The van der Waals surface area contributed by atoms with Crippen LogP contribution in [0.25, 0.3) is 0 Å². The van der Waals surface area contributed by atoms with Crippen molar-refractivity contribution in [3.63, 3.8) is 0 Å². The molecule has 0 N–H and O–H groups in total. The number of likely N-dealkylation sites (tertiary alicyclic amines) is 1. The summed E-state index contributed by atoms with van der Waals surface area (Å²) in [5.74, 6) is -0.354. The molecule has 180 valence electrons. The van der Waals surface area contributed by atoms with Gasteiger partial charge in [-0.1, -0.05) is 53.6 Å². The lowest BCUT2D eigenvalue weighted by molar-refractivity contribution is -0.150. The lowest BCUT2D eigenvalue weighted by atomic mass is 9.93. The largest absolute Gasteiger partial charge is 0.466 e. The number of amides is 1. The van der Waals surface area contributed by atoms with E-state index in [1.807, 2.05) is 13.0 Å². The molecule has 34 heavy (non-hydrogen) atoms. The molecule has 2 aliphatic rings. The fourth-order valence-electron chi connectivity index (χ4n) is 5.02. The molecular weight excluding hydrogens is 426 g/mol. The highest BCUT2D eigenvalue weighted by Gasteiger charge is 2.36. The van der Waals surface area contributed by atoms with E-state index in [9.17, 15) is 9.59 Å². The van der Waals surface area contributed by atoms with Gasteiger partial charge in [0.05, 0.1) is 30.8 Å². The highest BCUT2D eigenvalue weighted by molar-refractivity contribution is 6.03. The van der Waals surface area contributed by atoms with Crippen LogP contribution in [0.4, 0.5) is 0 Å². The summed E-state index contributed by atoms with van der Waals surface area (Å²) in [6.45, 7) is 10.1. The summed E-state index contributed by atoms with van der Waals surface area (Å²) in [5.41, 5.74) is 6.64. The van der Waals surface area contributed by atoms with Gasteiger partial charge in [-0.3, -0.25) is 14.5 Å². The lowest BCUT2D eigenvalue weighted by Gasteiger charge is -2.32. The Hall–Kier alpha value is -2.99. The molecule has 0 spiro atoms. The van der Waals surface area contributed by atoms with Crippen LogP contribution in [0.15, 0.2) is 47.6 Å². The highest BCUT2D eigenvalue weighted by atomic mass is 16.5. The second kappa shape index (κ2) is 10.5. The summed E-state index contributed by atoms with van der Waals surface area (Å²) in [4.78, 5) is 27.9. The molecule has 0 saturated carbocycles. The van der Waals surface area contributed by atoms with Crippen molar-refractivity contribution in [1.29, 1.82) is 0 Å². The second-order valence-electron chi connectivity index (χ2n) is 9.56. The first-order valence-corrected chi connectivity index (χ1v) is 12.3. The van der Waals surface area contributed by atoms with Gasteiger partial charge in [0.2, 0.25) is 0 Å². The molecule has 1 fully saturated rings. The van der Waals surface area contributed by atoms with Gasteiger partial charge in [-0.15, -0.1) is 0 Å². The van der Waals surface area contributed by atoms with Crippen molar-refractivity contribution in [2.24, 2.45) is 11.0 Å². The molecule has 1 saturated heterocycles. The summed E-state index contributed by atoms with van der Waals surface area (Å²) in [6, 6.07) is 14.6. The Morgan fingerprint density at radius 1 is 1.09 bits per heavy atom. The first-order valence-electron chi connectivity index (χ1n) is 12.3. The third-order valence-corrected chi connectivity index (χ3v) is 6.80. The number of hydrogen-bond donors (Lipinski definition) is 0. The third-order valence-electron chi connectivity index (χ3n) is 6.80. The standard InChI is InChI=1S/C28H35N3O3/c1-5-34-28(33)23-10-7-13-30(17-23)18-27(32)31-26(24-15-20(3)11-12-21(24)4)16-25(29-31)22-9-6-8-19(2)14-22/h6,8-9,11-12,14-15,23,26H,5,7,10,13,16-18H2,1-4H3/t23-,26+/m1/s1. The average molecular weight is 462 g/mol. The number of nitrogens with zero attached hydrogens (tertiary/aromatic N) is 3. The maximum absolute atomic E-state index is 13.6. The van der Waals surface area contributed by atoms with E-state index >= 15 is 0 Å². The van der Waals surface area contributed by atoms with Crippen molar-refractivity contribution < 1.29 is 14.3 Å². The van der Waals surface area contributed by atoms with E-state index in [0.29, 0.717) is 19.6 Å². The second-order valence-corrected chi connectivity index (χ2v) is 9.56. The molecule has 2 atom stereocenters. The number of rotatable bonds is 6. The first-order chi connectivity index (χ1) is 16.4. The van der Waals surface area contributed by atoms with Crippen LogP contribution in [0.5, 0.6) is 0 Å². The molecule has 2 aromatic rings. The van der Waals surface area contributed by atoms with Gasteiger partial charge in [-0.25, -0.2) is 5.01 Å². The molecule has 0 aliphatic carbocycles. The van der Waals surface area contributed by atoms with E-state index in [2.05, 4.69) is 62.1 Å². The number of benzene rings is 2. The van der Waals surface area contributed by atoms with Gasteiger partial charge in [-0.2, -0.15) is 5.10 Å². The van der Waals surface area contributed by atoms with Crippen LogP contribution in [0.3, 0.4) is 0 Å². The van der Waals surface area contributed by atoms with Crippen molar-refractivity contribution in [1.82, 2.24) is 9.91 Å². The van der Waals surface area contributed by atoms with Crippen LogP contribution in [0.1, 0.15) is 60.0 Å². The number of aryl methyl sites for hydroxylation is 3. The van der Waals surface area contributed by atoms with Gasteiger partial charge >= 0.3 is 5.97 Å². The number of hydrazone groups is 1. The van der Waals surface area contributed by atoms with Crippen molar-refractivity contribution in [2.45, 2.75) is 53.0 Å². The molecule has 0 unspecified atom stereocenters. The summed E-state index contributed by atoms with van der Waals surface area (Å²) in [6.07, 6.45) is 2.38. The Balaban J connectivity index is 1.58. The minimum atomic E-state index is -0.166. The van der Waals surface area contributed by atoms with Gasteiger partial charge in [0.25, 0.3) is 5.91 Å². The van der Waals surface area contributed by atoms with E-state index in [1.54, 1.807) is 5.01 Å². The van der Waals surface area contributed by atoms with Crippen LogP contribution in [0, 0.1) is 26.7 Å². The van der Waals surface area contributed by atoms with Crippen LogP contribution in [-0.2, 0) is 14.3 Å². The van der Waals surface area contributed by atoms with Crippen LogP contribution in [-0.4, -0.2) is 53.7 Å². The minimum Gasteiger partial charge on any atom is -0.466 e. The van der Waals surface area contributed by atoms with Gasteiger partial charge in [0, 0.05) is 13.0 Å². The van der Waals surface area contributed by atoms with Gasteiger partial charge in [-0.05, 0) is 63.8 Å². The van der Waals surface area contributed by atoms with Crippen molar-refractivity contribution in [3.05, 3.63) is 70.3 Å². The van der Waals surface area contributed by atoms with Gasteiger partial charge < -0.3 is 4.74 Å². The predicted molar refractivity (Wildman–Crippen MR) is 134 cm³/mol. The van der Waals surface area contributed by atoms with Gasteiger partial charge in [0.1, 0.15) is 0 Å². The predicted octanol–water partition coefficient (Wildman–Crippen LogP) is 4.56. The van der Waals surface area contributed by atoms with Crippen LogP contribution < -0.4 is 0 Å². The zero-order valence-electron chi connectivity index (χ0n) is 20.7. The maximum Gasteiger partial charge on any atom is 0.310 e. The summed E-state index contributed by atoms with van der Waals surface area (Å²) >= 11 is 0. The summed E-state index contributed by atoms with van der Waals surface area (Å²) in [7, 11) is 0. The Kier molecular flexibility index (Phi) is 7.47. The quantitative estimate of drug-likeness (QED) is 0.592. The van der Waals surface area contributed by atoms with E-state index in [1.165, 1.54) is 11.1 Å². The summed E-state index contributed by atoms with van der Waals surface area (Å²) < 4.78 is 5.22. The Labute approximate surface area is 202 Å². The molecule has 2 heterocycles. The molecule has 0 radical (unpaired) electrons. The number of piperidine rings is 1. The molecule has 2 aromatic carbocycles. The van der Waals surface area contributed by atoms with E-state index in [0.717, 1.165) is 41.8 Å². The fourth-order valence-corrected chi connectivity index (χ4v) is 5.02. The molecule has 1 amide bonds. The van der Waals surface area contributed by atoms with E-state index < -0.39 is 0 Å². The molecule has 4 rings (SSSR count). The third kappa shape index (κ3) is 5.39. The molecule has 0 aromatic heterocycles. The Bertz CT molecular complexity index is 1090. The maximum atomic E-state index is 13.6.